The number of aryl methyl sites for hydroxylation is 1. The average molecular weight is 343 g/mol. The Hall–Kier alpha value is -2.61. The van der Waals surface area contributed by atoms with E-state index < -0.39 is 0 Å². The number of nitrogens with zero attached hydrogens (tertiary/aromatic N) is 3. The summed E-state index contributed by atoms with van der Waals surface area (Å²) in [4.78, 5) is 20.2. The van der Waals surface area contributed by atoms with Crippen molar-refractivity contribution in [1.29, 1.82) is 0 Å². The van der Waals surface area contributed by atoms with Crippen LogP contribution in [-0.4, -0.2) is 45.0 Å². The van der Waals surface area contributed by atoms with E-state index in [1.165, 1.54) is 11.8 Å². The Labute approximate surface area is 143 Å². The van der Waals surface area contributed by atoms with Gasteiger partial charge in [0.15, 0.2) is 0 Å². The van der Waals surface area contributed by atoms with Crippen LogP contribution in [0, 0.1) is 6.92 Å². The molecule has 0 saturated heterocycles. The summed E-state index contributed by atoms with van der Waals surface area (Å²) in [5.41, 5.74) is 0.821. The number of fused-ring (bicyclic) bond motifs is 1. The number of aromatic nitrogens is 4. The van der Waals surface area contributed by atoms with Crippen molar-refractivity contribution in [2.24, 2.45) is 0 Å². The Kier molecular flexibility index (Phi) is 5.27. The van der Waals surface area contributed by atoms with Gasteiger partial charge in [0.25, 0.3) is 0 Å². The third-order valence-electron chi connectivity index (χ3n) is 3.19. The first-order valence-electron chi connectivity index (χ1n) is 7.47. The van der Waals surface area contributed by atoms with E-state index >= 15 is 0 Å². The van der Waals surface area contributed by atoms with Crippen LogP contribution in [0.4, 0.5) is 0 Å². The number of para-hydroxylation sites is 1. The standard InChI is InChI=1S/C16H17N5O2S/c1-11-19-16(21-20-11)24-10-14(22)17-8-9-23-13-6-2-4-12-5-3-7-18-15(12)13/h2-7H,8-10H2,1H3,(H,17,22)(H,19,20,21). The minimum atomic E-state index is -0.0814. The van der Waals surface area contributed by atoms with Crippen molar-refractivity contribution in [2.75, 3.05) is 18.9 Å². The van der Waals surface area contributed by atoms with E-state index in [1.807, 2.05) is 37.3 Å². The van der Waals surface area contributed by atoms with Crippen molar-refractivity contribution in [1.82, 2.24) is 25.5 Å². The maximum atomic E-state index is 11.8. The normalized spacial score (nSPS) is 10.7. The second-order valence-electron chi connectivity index (χ2n) is 5.02. The second-order valence-corrected chi connectivity index (χ2v) is 5.96. The highest BCUT2D eigenvalue weighted by Crippen LogP contribution is 2.22. The zero-order chi connectivity index (χ0) is 16.8. The summed E-state index contributed by atoms with van der Waals surface area (Å²) in [7, 11) is 0. The molecule has 0 aliphatic heterocycles. The van der Waals surface area contributed by atoms with Gasteiger partial charge in [0.1, 0.15) is 23.7 Å². The lowest BCUT2D eigenvalue weighted by atomic mass is 10.2. The number of carbonyl (C=O) groups is 1. The Morgan fingerprint density at radius 1 is 1.33 bits per heavy atom. The highest BCUT2D eigenvalue weighted by molar-refractivity contribution is 7.99. The topological polar surface area (TPSA) is 92.8 Å². The first-order valence-corrected chi connectivity index (χ1v) is 8.46. The lowest BCUT2D eigenvalue weighted by Gasteiger charge is -2.09. The predicted molar refractivity (Wildman–Crippen MR) is 92.1 cm³/mol. The van der Waals surface area contributed by atoms with E-state index in [9.17, 15) is 4.79 Å². The summed E-state index contributed by atoms with van der Waals surface area (Å²) in [5.74, 6) is 1.64. The Morgan fingerprint density at radius 2 is 2.21 bits per heavy atom. The summed E-state index contributed by atoms with van der Waals surface area (Å²) in [6, 6.07) is 9.66. The van der Waals surface area contributed by atoms with Crippen LogP contribution >= 0.6 is 11.8 Å². The van der Waals surface area contributed by atoms with Crippen LogP contribution in [0.15, 0.2) is 41.7 Å². The number of aromatic amines is 1. The number of benzene rings is 1. The van der Waals surface area contributed by atoms with E-state index in [4.69, 9.17) is 4.74 Å². The van der Waals surface area contributed by atoms with E-state index in [0.717, 1.165) is 16.7 Å². The summed E-state index contributed by atoms with van der Waals surface area (Å²) < 4.78 is 5.72. The van der Waals surface area contributed by atoms with Crippen molar-refractivity contribution in [3.05, 3.63) is 42.4 Å². The van der Waals surface area contributed by atoms with Gasteiger partial charge in [0.05, 0.1) is 12.3 Å². The molecule has 24 heavy (non-hydrogen) atoms. The number of thioether (sulfide) groups is 1. The second kappa shape index (κ2) is 7.78. The molecule has 8 heteroatoms. The molecule has 3 aromatic rings. The first kappa shape index (κ1) is 16.3. The fraction of sp³-hybridized carbons (Fsp3) is 0.250. The summed E-state index contributed by atoms with van der Waals surface area (Å²) in [6.45, 7) is 2.62. The molecule has 0 unspecified atom stereocenters. The number of amides is 1. The van der Waals surface area contributed by atoms with Gasteiger partial charge in [-0.3, -0.25) is 14.9 Å². The highest BCUT2D eigenvalue weighted by atomic mass is 32.2. The molecule has 1 amide bonds. The lowest BCUT2D eigenvalue weighted by molar-refractivity contribution is -0.118. The predicted octanol–water partition coefficient (Wildman–Crippen LogP) is 1.95. The maximum absolute atomic E-state index is 11.8. The van der Waals surface area contributed by atoms with Gasteiger partial charge in [-0.15, -0.1) is 5.10 Å². The van der Waals surface area contributed by atoms with Gasteiger partial charge < -0.3 is 10.1 Å². The zero-order valence-corrected chi connectivity index (χ0v) is 14.0. The Bertz CT molecular complexity index is 831. The molecule has 0 saturated carbocycles. The van der Waals surface area contributed by atoms with Gasteiger partial charge in [-0.05, 0) is 19.1 Å². The third-order valence-corrected chi connectivity index (χ3v) is 4.03. The summed E-state index contributed by atoms with van der Waals surface area (Å²) in [6.07, 6.45) is 1.74. The molecule has 7 nitrogen and oxygen atoms in total. The average Bonchev–Trinajstić information content (AvgIpc) is 3.02. The number of pyridine rings is 1. The number of ether oxygens (including phenoxy) is 1. The first-order chi connectivity index (χ1) is 11.7. The molecule has 124 valence electrons. The van der Waals surface area contributed by atoms with Crippen molar-refractivity contribution in [2.45, 2.75) is 12.1 Å². The minimum Gasteiger partial charge on any atom is -0.489 e. The molecule has 1 aromatic carbocycles. The van der Waals surface area contributed by atoms with Crippen LogP contribution in [0.5, 0.6) is 5.75 Å². The van der Waals surface area contributed by atoms with Gasteiger partial charge in [-0.2, -0.15) is 0 Å². The van der Waals surface area contributed by atoms with Crippen molar-refractivity contribution in [3.63, 3.8) is 0 Å². The fourth-order valence-electron chi connectivity index (χ4n) is 2.11. The molecule has 0 aliphatic carbocycles. The zero-order valence-electron chi connectivity index (χ0n) is 13.2. The SMILES string of the molecule is Cc1nc(SCC(=O)NCCOc2cccc3cccnc23)n[nH]1. The number of hydrogen-bond acceptors (Lipinski definition) is 6. The lowest BCUT2D eigenvalue weighted by Crippen LogP contribution is -2.29. The van der Waals surface area contributed by atoms with Gasteiger partial charge >= 0.3 is 0 Å². The fourth-order valence-corrected chi connectivity index (χ4v) is 2.79. The molecule has 2 N–H and O–H groups in total. The quantitative estimate of drug-likeness (QED) is 0.503. The van der Waals surface area contributed by atoms with Crippen LogP contribution in [0.3, 0.4) is 0 Å². The number of nitrogens with one attached hydrogen (secondary N) is 2. The van der Waals surface area contributed by atoms with Crippen molar-refractivity contribution < 1.29 is 9.53 Å². The smallest absolute Gasteiger partial charge is 0.230 e. The molecule has 2 heterocycles. The van der Waals surface area contributed by atoms with Crippen molar-refractivity contribution >= 4 is 28.6 Å². The molecule has 0 bridgehead atoms. The Balaban J connectivity index is 1.42. The Morgan fingerprint density at radius 3 is 3.04 bits per heavy atom. The molecular formula is C16H17N5O2S. The van der Waals surface area contributed by atoms with Crippen molar-refractivity contribution in [3.8, 4) is 5.75 Å². The third kappa shape index (κ3) is 4.23. The number of hydrogen-bond donors (Lipinski definition) is 2. The van der Waals surface area contributed by atoms with Crippen LogP contribution in [-0.2, 0) is 4.79 Å². The number of carbonyl (C=O) groups excluding carboxylic acids is 1. The van der Waals surface area contributed by atoms with Gasteiger partial charge in [-0.25, -0.2) is 4.98 Å². The molecule has 0 radical (unpaired) electrons. The van der Waals surface area contributed by atoms with Gasteiger partial charge in [0.2, 0.25) is 11.1 Å². The minimum absolute atomic E-state index is 0.0814. The molecule has 2 aromatic heterocycles. The monoisotopic (exact) mass is 343 g/mol. The van der Waals surface area contributed by atoms with E-state index in [2.05, 4.69) is 25.5 Å². The van der Waals surface area contributed by atoms with E-state index in [0.29, 0.717) is 24.1 Å². The van der Waals surface area contributed by atoms with Crippen LogP contribution < -0.4 is 10.1 Å². The number of H-pyrrole nitrogens is 1. The van der Waals surface area contributed by atoms with Crippen LogP contribution in [0.25, 0.3) is 10.9 Å². The maximum Gasteiger partial charge on any atom is 0.230 e. The van der Waals surface area contributed by atoms with Crippen LogP contribution in [0.2, 0.25) is 0 Å². The van der Waals surface area contributed by atoms with Crippen LogP contribution in [0.1, 0.15) is 5.82 Å². The molecule has 0 atom stereocenters. The summed E-state index contributed by atoms with van der Waals surface area (Å²) in [5, 5.41) is 11.1. The molecule has 3 rings (SSSR count). The highest BCUT2D eigenvalue weighted by Gasteiger charge is 2.06. The van der Waals surface area contributed by atoms with E-state index in [1.54, 1.807) is 6.20 Å². The molecule has 0 spiro atoms. The largest absolute Gasteiger partial charge is 0.489 e. The molecule has 0 fully saturated rings. The summed E-state index contributed by atoms with van der Waals surface area (Å²) >= 11 is 1.29. The molecule has 0 aliphatic rings. The molecular weight excluding hydrogens is 326 g/mol. The van der Waals surface area contributed by atoms with E-state index in [-0.39, 0.29) is 11.7 Å². The van der Waals surface area contributed by atoms with Gasteiger partial charge in [-0.1, -0.05) is 30.0 Å². The number of rotatable bonds is 7. The van der Waals surface area contributed by atoms with Gasteiger partial charge in [0, 0.05) is 11.6 Å².